The quantitative estimate of drug-likeness (QED) is 0.446. The largest absolute Gasteiger partial charge is 0.379 e. The number of sulfonamides is 1. The van der Waals surface area contributed by atoms with Crippen molar-refractivity contribution in [1.82, 2.24) is 14.9 Å². The second-order valence-electron chi connectivity index (χ2n) is 8.99. The molecule has 0 aliphatic rings. The van der Waals surface area contributed by atoms with Crippen molar-refractivity contribution >= 4 is 21.5 Å². The van der Waals surface area contributed by atoms with E-state index < -0.39 is 16.0 Å². The number of hydrogen-bond donors (Lipinski definition) is 2. The Kier molecular flexibility index (Phi) is 7.52. The van der Waals surface area contributed by atoms with Crippen LogP contribution < -0.4 is 10.0 Å². The normalized spacial score (nSPS) is 12.1. The monoisotopic (exact) mass is 489 g/mol. The highest BCUT2D eigenvalue weighted by Gasteiger charge is 2.20. The number of pyridine rings is 2. The van der Waals surface area contributed by atoms with Gasteiger partial charge in [0.25, 0.3) is 10.0 Å². The Morgan fingerprint density at radius 1 is 1.00 bits per heavy atom. The van der Waals surface area contributed by atoms with E-state index in [1.165, 1.54) is 24.3 Å². The van der Waals surface area contributed by atoms with E-state index in [-0.39, 0.29) is 28.7 Å². The molecule has 7 nitrogen and oxygen atoms in total. The first-order valence-electron chi connectivity index (χ1n) is 10.7. The third-order valence-corrected chi connectivity index (χ3v) is 6.77. The lowest BCUT2D eigenvalue weighted by Gasteiger charge is -2.32. The van der Waals surface area contributed by atoms with Crippen molar-refractivity contribution < 1.29 is 17.2 Å². The molecule has 2 aromatic heterocycles. The van der Waals surface area contributed by atoms with E-state index in [9.17, 15) is 17.2 Å². The lowest BCUT2D eigenvalue weighted by molar-refractivity contribution is 0.167. The molecule has 182 valence electrons. The molecule has 0 saturated heterocycles. The fourth-order valence-electron chi connectivity index (χ4n) is 3.16. The van der Waals surface area contributed by atoms with Crippen LogP contribution in [0.3, 0.4) is 0 Å². The zero-order chi connectivity index (χ0) is 25.1. The summed E-state index contributed by atoms with van der Waals surface area (Å²) >= 11 is 0. The smallest absolute Gasteiger partial charge is 0.280 e. The van der Waals surface area contributed by atoms with Gasteiger partial charge < -0.3 is 5.32 Å². The second kappa shape index (κ2) is 10.0. The van der Waals surface area contributed by atoms with Gasteiger partial charge >= 0.3 is 0 Å². The summed E-state index contributed by atoms with van der Waals surface area (Å²) in [6.45, 7) is 8.71. The van der Waals surface area contributed by atoms with Crippen LogP contribution in [0.2, 0.25) is 0 Å². The second-order valence-corrected chi connectivity index (χ2v) is 10.6. The summed E-state index contributed by atoms with van der Waals surface area (Å²) in [5, 5.41) is 2.92. The van der Waals surface area contributed by atoms with E-state index >= 15 is 0 Å². The van der Waals surface area contributed by atoms with Gasteiger partial charge in [-0.2, -0.15) is 12.8 Å². The standard InChI is InChI=1S/C24H29F2N5O2S/c1-16-20(12-13-23(28-16)34(32,33)30-22-11-7-10-21(26)29-22)27-14-18-17(8-6-9-19(18)25)15-31(5)24(2,3)4/h6-13,27H,14-15H2,1-5H3,(H,29,30). The van der Waals surface area contributed by atoms with Gasteiger partial charge in [0.1, 0.15) is 11.6 Å². The van der Waals surface area contributed by atoms with Crippen molar-refractivity contribution in [3.8, 4) is 0 Å². The van der Waals surface area contributed by atoms with Crippen LogP contribution in [0.15, 0.2) is 53.6 Å². The van der Waals surface area contributed by atoms with Gasteiger partial charge in [-0.05, 0) is 70.6 Å². The van der Waals surface area contributed by atoms with Gasteiger partial charge in [-0.1, -0.05) is 18.2 Å². The molecule has 1 aromatic carbocycles. The molecule has 3 aromatic rings. The minimum absolute atomic E-state index is 0.0755. The summed E-state index contributed by atoms with van der Waals surface area (Å²) in [4.78, 5) is 9.80. The number of anilines is 2. The number of nitrogens with zero attached hydrogens (tertiary/aromatic N) is 3. The molecule has 0 saturated carbocycles. The Morgan fingerprint density at radius 2 is 1.71 bits per heavy atom. The number of benzene rings is 1. The first-order valence-corrected chi connectivity index (χ1v) is 12.2. The summed E-state index contributed by atoms with van der Waals surface area (Å²) in [6.07, 6.45) is 0. The lowest BCUT2D eigenvalue weighted by atomic mass is 10.0. The molecule has 3 rings (SSSR count). The molecule has 2 N–H and O–H groups in total. The van der Waals surface area contributed by atoms with Gasteiger partial charge in [0, 0.05) is 24.2 Å². The van der Waals surface area contributed by atoms with Crippen LogP contribution in [0.5, 0.6) is 0 Å². The highest BCUT2D eigenvalue weighted by molar-refractivity contribution is 7.92. The average Bonchev–Trinajstić information content (AvgIpc) is 2.73. The van der Waals surface area contributed by atoms with Crippen LogP contribution in [-0.2, 0) is 23.1 Å². The van der Waals surface area contributed by atoms with Crippen molar-refractivity contribution in [1.29, 1.82) is 0 Å². The highest BCUT2D eigenvalue weighted by atomic mass is 32.2. The van der Waals surface area contributed by atoms with Gasteiger partial charge in [0.15, 0.2) is 5.03 Å². The molecular weight excluding hydrogens is 460 g/mol. The third kappa shape index (κ3) is 6.27. The lowest BCUT2D eigenvalue weighted by Crippen LogP contribution is -2.37. The minimum atomic E-state index is -4.06. The molecule has 10 heteroatoms. The maximum absolute atomic E-state index is 14.7. The maximum Gasteiger partial charge on any atom is 0.280 e. The molecule has 0 radical (unpaired) electrons. The predicted molar refractivity (Wildman–Crippen MR) is 129 cm³/mol. The molecule has 0 unspecified atom stereocenters. The molecule has 0 bridgehead atoms. The van der Waals surface area contributed by atoms with Gasteiger partial charge in [-0.25, -0.2) is 14.4 Å². The molecule has 0 atom stereocenters. The van der Waals surface area contributed by atoms with E-state index in [2.05, 4.69) is 45.7 Å². The minimum Gasteiger partial charge on any atom is -0.379 e. The SMILES string of the molecule is Cc1nc(S(=O)(=O)Nc2cccc(F)n2)ccc1NCc1c(F)cccc1CN(C)C(C)(C)C. The van der Waals surface area contributed by atoms with Gasteiger partial charge in [-0.15, -0.1) is 0 Å². The molecule has 0 fully saturated rings. The predicted octanol–water partition coefficient (Wildman–Crippen LogP) is 4.71. The van der Waals surface area contributed by atoms with Crippen LogP contribution in [0, 0.1) is 18.7 Å². The van der Waals surface area contributed by atoms with E-state index in [1.54, 1.807) is 19.1 Å². The van der Waals surface area contributed by atoms with Gasteiger partial charge in [-0.3, -0.25) is 9.62 Å². The fraction of sp³-hybridized carbons (Fsp3) is 0.333. The van der Waals surface area contributed by atoms with Crippen molar-refractivity contribution in [3.63, 3.8) is 0 Å². The summed E-state index contributed by atoms with van der Waals surface area (Å²) in [5.74, 6) is -1.26. The van der Waals surface area contributed by atoms with Crippen LogP contribution in [0.1, 0.15) is 37.6 Å². The Hall–Kier alpha value is -3.11. The summed E-state index contributed by atoms with van der Waals surface area (Å²) in [7, 11) is -2.07. The summed E-state index contributed by atoms with van der Waals surface area (Å²) in [6, 6.07) is 11.7. The Balaban J connectivity index is 1.77. The van der Waals surface area contributed by atoms with Crippen LogP contribution in [-0.4, -0.2) is 35.9 Å². The Labute approximate surface area is 199 Å². The Bertz CT molecular complexity index is 1280. The van der Waals surface area contributed by atoms with Crippen molar-refractivity contribution in [2.24, 2.45) is 0 Å². The first-order chi connectivity index (χ1) is 15.9. The van der Waals surface area contributed by atoms with Gasteiger partial charge in [0.05, 0.1) is 11.4 Å². The topological polar surface area (TPSA) is 87.2 Å². The van der Waals surface area contributed by atoms with Crippen molar-refractivity contribution in [3.05, 3.63) is 77.1 Å². The summed E-state index contributed by atoms with van der Waals surface area (Å²) < 4.78 is 55.4. The molecule has 34 heavy (non-hydrogen) atoms. The summed E-state index contributed by atoms with van der Waals surface area (Å²) in [5.41, 5.74) is 2.31. The highest BCUT2D eigenvalue weighted by Crippen LogP contribution is 2.23. The van der Waals surface area contributed by atoms with E-state index in [0.717, 1.165) is 11.6 Å². The molecule has 0 aliphatic carbocycles. The van der Waals surface area contributed by atoms with E-state index in [1.807, 2.05) is 13.1 Å². The van der Waals surface area contributed by atoms with Gasteiger partial charge in [0.2, 0.25) is 5.95 Å². The van der Waals surface area contributed by atoms with Crippen LogP contribution in [0.25, 0.3) is 0 Å². The third-order valence-electron chi connectivity index (χ3n) is 5.51. The fourth-order valence-corrected chi connectivity index (χ4v) is 4.15. The Morgan fingerprint density at radius 3 is 2.35 bits per heavy atom. The number of rotatable bonds is 8. The van der Waals surface area contributed by atoms with E-state index in [4.69, 9.17) is 0 Å². The average molecular weight is 490 g/mol. The zero-order valence-corrected chi connectivity index (χ0v) is 20.7. The molecule has 0 aliphatic heterocycles. The van der Waals surface area contributed by atoms with E-state index in [0.29, 0.717) is 23.5 Å². The van der Waals surface area contributed by atoms with Crippen LogP contribution >= 0.6 is 0 Å². The van der Waals surface area contributed by atoms with Crippen molar-refractivity contribution in [2.45, 2.75) is 51.3 Å². The number of nitrogens with one attached hydrogen (secondary N) is 2. The molecule has 2 heterocycles. The molecule has 0 amide bonds. The number of aromatic nitrogens is 2. The first kappa shape index (κ1) is 25.5. The maximum atomic E-state index is 14.7. The van der Waals surface area contributed by atoms with Crippen LogP contribution in [0.4, 0.5) is 20.3 Å². The van der Waals surface area contributed by atoms with Crippen molar-refractivity contribution in [2.75, 3.05) is 17.1 Å². The number of aryl methyl sites for hydroxylation is 1. The molecule has 0 spiro atoms. The number of hydrogen-bond acceptors (Lipinski definition) is 6. The zero-order valence-electron chi connectivity index (χ0n) is 19.9. The molecular formula is C24H29F2N5O2S. The number of halogens is 2.